The molecule has 1 fully saturated rings. The summed E-state index contributed by atoms with van der Waals surface area (Å²) < 4.78 is 1.97. The molecule has 2 aromatic heterocycles. The number of aryl methyl sites for hydroxylation is 4. The monoisotopic (exact) mass is 352 g/mol. The number of thioether (sulfide) groups is 1. The number of nitrogens with zero attached hydrogens (tertiary/aromatic N) is 4. The second-order valence-corrected chi connectivity index (χ2v) is 7.77. The van der Waals surface area contributed by atoms with E-state index in [1.165, 1.54) is 11.3 Å². The number of amides is 2. The molecule has 3 heterocycles. The van der Waals surface area contributed by atoms with Crippen molar-refractivity contribution >= 4 is 34.3 Å². The molecule has 1 aliphatic rings. The second-order valence-electron chi connectivity index (χ2n) is 5.56. The van der Waals surface area contributed by atoms with Crippen molar-refractivity contribution in [3.63, 3.8) is 0 Å². The van der Waals surface area contributed by atoms with Gasteiger partial charge in [0.05, 0.1) is 5.69 Å². The largest absolute Gasteiger partial charge is 0.334 e. The lowest BCUT2D eigenvalue weighted by Crippen LogP contribution is -2.37. The summed E-state index contributed by atoms with van der Waals surface area (Å²) in [5.74, 6) is 2.09. The van der Waals surface area contributed by atoms with Crippen LogP contribution in [0.3, 0.4) is 0 Å². The Bertz CT molecular complexity index is 677. The van der Waals surface area contributed by atoms with Crippen LogP contribution >= 0.6 is 23.1 Å². The van der Waals surface area contributed by atoms with E-state index in [1.54, 1.807) is 0 Å². The molecule has 1 unspecified atom stereocenters. The summed E-state index contributed by atoms with van der Waals surface area (Å²) in [6, 6.07) is 2.12. The molecule has 23 heavy (non-hydrogen) atoms. The predicted molar refractivity (Wildman–Crippen MR) is 93.2 cm³/mol. The number of carbonyl (C=O) groups excluding carboxylic acids is 1. The van der Waals surface area contributed by atoms with Crippen LogP contribution in [0.2, 0.25) is 0 Å². The zero-order chi connectivity index (χ0) is 16.2. The van der Waals surface area contributed by atoms with Crippen LogP contribution in [-0.4, -0.2) is 43.6 Å². The fraction of sp³-hybridized carbons (Fsp3) is 0.571. The van der Waals surface area contributed by atoms with E-state index in [1.807, 2.05) is 30.3 Å². The zero-order valence-corrected chi connectivity index (χ0v) is 14.8. The maximum absolute atomic E-state index is 11.9. The van der Waals surface area contributed by atoms with E-state index in [9.17, 15) is 4.79 Å². The lowest BCUT2D eigenvalue weighted by Gasteiger charge is -2.10. The third-order valence-corrected chi connectivity index (χ3v) is 5.65. The van der Waals surface area contributed by atoms with Crippen molar-refractivity contribution in [2.45, 2.75) is 39.3 Å². The minimum Gasteiger partial charge on any atom is -0.334 e. The summed E-state index contributed by atoms with van der Waals surface area (Å²) in [5, 5.41) is 19.8. The minimum atomic E-state index is -0.196. The molecule has 1 saturated heterocycles. The van der Waals surface area contributed by atoms with E-state index < -0.39 is 0 Å². The molecule has 0 aromatic carbocycles. The Morgan fingerprint density at radius 3 is 3.00 bits per heavy atom. The highest BCUT2D eigenvalue weighted by atomic mass is 32.2. The molecule has 2 amide bonds. The Balaban J connectivity index is 1.49. The smallest absolute Gasteiger partial charge is 0.321 e. The van der Waals surface area contributed by atoms with Crippen LogP contribution in [0.15, 0.2) is 6.07 Å². The Kier molecular flexibility index (Phi) is 5.16. The van der Waals surface area contributed by atoms with Gasteiger partial charge in [0.15, 0.2) is 0 Å². The molecule has 0 saturated carbocycles. The predicted octanol–water partition coefficient (Wildman–Crippen LogP) is 2.22. The second kappa shape index (κ2) is 7.31. The summed E-state index contributed by atoms with van der Waals surface area (Å²) in [6.07, 6.45) is 1.78. The number of urea groups is 1. The minimum absolute atomic E-state index is 0.196. The van der Waals surface area contributed by atoms with Gasteiger partial charge in [-0.1, -0.05) is 11.3 Å². The van der Waals surface area contributed by atoms with Gasteiger partial charge < -0.3 is 5.32 Å². The van der Waals surface area contributed by atoms with E-state index >= 15 is 0 Å². The number of rotatable bonds is 5. The van der Waals surface area contributed by atoms with Gasteiger partial charge in [-0.3, -0.25) is 10.00 Å². The highest BCUT2D eigenvalue weighted by Gasteiger charge is 2.18. The summed E-state index contributed by atoms with van der Waals surface area (Å²) in [7, 11) is 0. The summed E-state index contributed by atoms with van der Waals surface area (Å²) >= 11 is 3.28. The van der Waals surface area contributed by atoms with Gasteiger partial charge >= 0.3 is 6.03 Å². The van der Waals surface area contributed by atoms with Gasteiger partial charge in [0.2, 0.25) is 5.13 Å². The molecule has 7 nitrogen and oxygen atoms in total. The van der Waals surface area contributed by atoms with E-state index in [2.05, 4.69) is 32.0 Å². The Hall–Kier alpha value is -1.61. The normalized spacial score (nSPS) is 17.4. The lowest BCUT2D eigenvalue weighted by atomic mass is 10.3. The van der Waals surface area contributed by atoms with Gasteiger partial charge in [0.25, 0.3) is 0 Å². The number of carbonyl (C=O) groups is 1. The van der Waals surface area contributed by atoms with Crippen LogP contribution in [0, 0.1) is 13.8 Å². The third-order valence-electron chi connectivity index (χ3n) is 3.59. The molecular weight excluding hydrogens is 332 g/mol. The molecule has 2 aromatic rings. The molecule has 0 spiro atoms. The van der Waals surface area contributed by atoms with E-state index in [0.29, 0.717) is 5.13 Å². The van der Waals surface area contributed by atoms with Gasteiger partial charge in [-0.05, 0) is 32.1 Å². The topological polar surface area (TPSA) is 84.7 Å². The van der Waals surface area contributed by atoms with Gasteiger partial charge in [-0.15, -0.1) is 10.2 Å². The van der Waals surface area contributed by atoms with E-state index in [4.69, 9.17) is 0 Å². The molecule has 3 rings (SSSR count). The van der Waals surface area contributed by atoms with Crippen LogP contribution in [0.4, 0.5) is 9.93 Å². The summed E-state index contributed by atoms with van der Waals surface area (Å²) in [5.41, 5.74) is 2.16. The molecule has 9 heteroatoms. The Labute approximate surface area is 143 Å². The van der Waals surface area contributed by atoms with E-state index in [-0.39, 0.29) is 12.1 Å². The quantitative estimate of drug-likeness (QED) is 0.862. The SMILES string of the molecule is Cc1cc(C)n(CCc2nnc(NC(=O)NC3CCSC3)s2)n1. The summed E-state index contributed by atoms with van der Waals surface area (Å²) in [4.78, 5) is 11.9. The molecule has 0 radical (unpaired) electrons. The first-order chi connectivity index (χ1) is 11.1. The van der Waals surface area contributed by atoms with Crippen molar-refractivity contribution in [2.24, 2.45) is 0 Å². The fourth-order valence-electron chi connectivity index (χ4n) is 2.47. The molecule has 1 aliphatic heterocycles. The average Bonchev–Trinajstić information content (AvgIpc) is 3.20. The fourth-order valence-corrected chi connectivity index (χ4v) is 4.35. The van der Waals surface area contributed by atoms with E-state index in [0.717, 1.165) is 47.3 Å². The number of aromatic nitrogens is 4. The van der Waals surface area contributed by atoms with Crippen LogP contribution in [0.25, 0.3) is 0 Å². The highest BCUT2D eigenvalue weighted by Crippen LogP contribution is 2.19. The average molecular weight is 352 g/mol. The molecular formula is C14H20N6OS2. The van der Waals surface area contributed by atoms with Crippen molar-refractivity contribution in [1.29, 1.82) is 0 Å². The van der Waals surface area contributed by atoms with Crippen LogP contribution in [0.1, 0.15) is 22.8 Å². The molecule has 2 N–H and O–H groups in total. The third kappa shape index (κ3) is 4.44. The molecule has 0 bridgehead atoms. The zero-order valence-electron chi connectivity index (χ0n) is 13.2. The molecule has 124 valence electrons. The Morgan fingerprint density at radius 2 is 2.30 bits per heavy atom. The van der Waals surface area contributed by atoms with Crippen LogP contribution in [-0.2, 0) is 13.0 Å². The number of hydrogen-bond donors (Lipinski definition) is 2. The first kappa shape index (κ1) is 16.3. The first-order valence-electron chi connectivity index (χ1n) is 7.59. The maximum atomic E-state index is 11.9. The highest BCUT2D eigenvalue weighted by molar-refractivity contribution is 7.99. The van der Waals surface area contributed by atoms with Crippen LogP contribution < -0.4 is 10.6 Å². The number of hydrogen-bond acceptors (Lipinski definition) is 6. The Morgan fingerprint density at radius 1 is 1.43 bits per heavy atom. The van der Waals surface area contributed by atoms with Crippen molar-refractivity contribution in [2.75, 3.05) is 16.8 Å². The van der Waals surface area contributed by atoms with Gasteiger partial charge in [-0.2, -0.15) is 16.9 Å². The van der Waals surface area contributed by atoms with Crippen LogP contribution in [0.5, 0.6) is 0 Å². The lowest BCUT2D eigenvalue weighted by molar-refractivity contribution is 0.249. The van der Waals surface area contributed by atoms with Gasteiger partial charge in [-0.25, -0.2) is 4.79 Å². The maximum Gasteiger partial charge on any atom is 0.321 e. The first-order valence-corrected chi connectivity index (χ1v) is 9.56. The molecule has 1 atom stereocenters. The van der Waals surface area contributed by atoms with Gasteiger partial charge in [0.1, 0.15) is 5.01 Å². The standard InChI is InChI=1S/C14H20N6OS2/c1-9-7-10(2)20(19-9)5-3-12-17-18-14(23-12)16-13(21)15-11-4-6-22-8-11/h7,11H,3-6,8H2,1-2H3,(H2,15,16,18,21). The summed E-state index contributed by atoms with van der Waals surface area (Å²) in [6.45, 7) is 4.79. The number of nitrogens with one attached hydrogen (secondary N) is 2. The van der Waals surface area contributed by atoms with Crippen molar-refractivity contribution in [1.82, 2.24) is 25.3 Å². The molecule has 0 aliphatic carbocycles. The van der Waals surface area contributed by atoms with Gasteiger partial charge in [0, 0.05) is 30.5 Å². The van der Waals surface area contributed by atoms with Crippen molar-refractivity contribution < 1.29 is 4.79 Å². The van der Waals surface area contributed by atoms with Crippen molar-refractivity contribution in [3.8, 4) is 0 Å². The van der Waals surface area contributed by atoms with Crippen molar-refractivity contribution in [3.05, 3.63) is 22.5 Å². The number of anilines is 1.